The van der Waals surface area contributed by atoms with Crippen molar-refractivity contribution in [3.8, 4) is 17.0 Å². The molecule has 8 nitrogen and oxygen atoms in total. The van der Waals surface area contributed by atoms with Crippen LogP contribution in [0.5, 0.6) is 5.88 Å². The second kappa shape index (κ2) is 8.32. The van der Waals surface area contributed by atoms with Crippen LogP contribution in [0.15, 0.2) is 48.8 Å². The molecule has 0 fully saturated rings. The van der Waals surface area contributed by atoms with Crippen LogP contribution < -0.4 is 26.4 Å². The lowest BCUT2D eigenvalue weighted by atomic mass is 9.99. The van der Waals surface area contributed by atoms with E-state index in [0.717, 1.165) is 52.1 Å². The highest BCUT2D eigenvalue weighted by atomic mass is 16.5. The van der Waals surface area contributed by atoms with E-state index in [1.165, 1.54) is 5.56 Å². The number of ether oxygens (including phenoxy) is 1. The lowest BCUT2D eigenvalue weighted by Gasteiger charge is -2.21. The first-order valence-corrected chi connectivity index (χ1v) is 10.6. The highest BCUT2D eigenvalue weighted by Gasteiger charge is 2.18. The third-order valence-corrected chi connectivity index (χ3v) is 5.58. The van der Waals surface area contributed by atoms with Crippen LogP contribution in [0.4, 0.5) is 23.0 Å². The van der Waals surface area contributed by atoms with Gasteiger partial charge in [-0.15, -0.1) is 0 Å². The third-order valence-electron chi connectivity index (χ3n) is 5.58. The number of hydrogen-bond donors (Lipinski definition) is 4. The van der Waals surface area contributed by atoms with Gasteiger partial charge >= 0.3 is 0 Å². The number of hydrogen-bond acceptors (Lipinski definition) is 8. The van der Waals surface area contributed by atoms with Crippen LogP contribution in [0.3, 0.4) is 0 Å². The van der Waals surface area contributed by atoms with Crippen molar-refractivity contribution in [2.45, 2.75) is 13.5 Å². The van der Waals surface area contributed by atoms with Crippen molar-refractivity contribution in [1.82, 2.24) is 20.3 Å². The summed E-state index contributed by atoms with van der Waals surface area (Å²) in [6, 6.07) is 12.1. The van der Waals surface area contributed by atoms with Gasteiger partial charge in [-0.2, -0.15) is 0 Å². The molecule has 0 atom stereocenters. The SMILES string of the molecule is CNCc1ccc(Nc2ncc3c(N)cc(-c4cnc5c(c4C)NCCO5)cc3n2)cc1. The maximum Gasteiger partial charge on any atom is 0.237 e. The van der Waals surface area contributed by atoms with Crippen LogP contribution >= 0.6 is 0 Å². The second-order valence-corrected chi connectivity index (χ2v) is 7.80. The Morgan fingerprint density at radius 3 is 2.78 bits per heavy atom. The van der Waals surface area contributed by atoms with Gasteiger partial charge in [-0.1, -0.05) is 12.1 Å². The summed E-state index contributed by atoms with van der Waals surface area (Å²) >= 11 is 0. The molecule has 0 aliphatic carbocycles. The number of aromatic nitrogens is 3. The summed E-state index contributed by atoms with van der Waals surface area (Å²) in [4.78, 5) is 13.6. The summed E-state index contributed by atoms with van der Waals surface area (Å²) in [6.45, 7) is 4.26. The summed E-state index contributed by atoms with van der Waals surface area (Å²) in [5.41, 5.74) is 13.8. The van der Waals surface area contributed by atoms with Crippen molar-refractivity contribution in [2.75, 3.05) is 36.6 Å². The average Bonchev–Trinajstić information content (AvgIpc) is 2.81. The summed E-state index contributed by atoms with van der Waals surface area (Å²) < 4.78 is 5.65. The largest absolute Gasteiger partial charge is 0.474 e. The Hall–Kier alpha value is -3.91. The summed E-state index contributed by atoms with van der Waals surface area (Å²) in [5, 5.41) is 10.6. The van der Waals surface area contributed by atoms with Gasteiger partial charge in [0.15, 0.2) is 0 Å². The highest BCUT2D eigenvalue weighted by Crippen LogP contribution is 2.37. The van der Waals surface area contributed by atoms with E-state index >= 15 is 0 Å². The molecule has 0 radical (unpaired) electrons. The van der Waals surface area contributed by atoms with Crippen molar-refractivity contribution < 1.29 is 4.74 Å². The molecular formula is C24H25N7O. The van der Waals surface area contributed by atoms with Gasteiger partial charge in [-0.3, -0.25) is 0 Å². The number of nitrogen functional groups attached to an aromatic ring is 1. The summed E-state index contributed by atoms with van der Waals surface area (Å²) in [6.07, 6.45) is 3.58. The molecule has 5 N–H and O–H groups in total. The van der Waals surface area contributed by atoms with Gasteiger partial charge in [-0.05, 0) is 54.9 Å². The Labute approximate surface area is 186 Å². The molecule has 3 heterocycles. The molecule has 0 unspecified atom stereocenters. The molecule has 1 aliphatic heterocycles. The molecule has 0 saturated heterocycles. The number of nitrogens with two attached hydrogens (primary N) is 1. The first-order valence-electron chi connectivity index (χ1n) is 10.6. The van der Waals surface area contributed by atoms with Crippen LogP contribution in [-0.2, 0) is 6.54 Å². The van der Waals surface area contributed by atoms with E-state index in [0.29, 0.717) is 24.1 Å². The molecule has 32 heavy (non-hydrogen) atoms. The molecule has 2 aromatic carbocycles. The zero-order valence-electron chi connectivity index (χ0n) is 18.1. The number of fused-ring (bicyclic) bond motifs is 2. The second-order valence-electron chi connectivity index (χ2n) is 7.80. The first kappa shape index (κ1) is 20.0. The van der Waals surface area contributed by atoms with Gasteiger partial charge in [0.1, 0.15) is 12.3 Å². The number of anilines is 4. The smallest absolute Gasteiger partial charge is 0.237 e. The van der Waals surface area contributed by atoms with E-state index < -0.39 is 0 Å². The van der Waals surface area contributed by atoms with E-state index in [2.05, 4.69) is 45.0 Å². The fourth-order valence-corrected chi connectivity index (χ4v) is 3.93. The molecule has 162 valence electrons. The van der Waals surface area contributed by atoms with E-state index in [-0.39, 0.29) is 0 Å². The lowest BCUT2D eigenvalue weighted by molar-refractivity contribution is 0.310. The van der Waals surface area contributed by atoms with E-state index in [1.54, 1.807) is 6.20 Å². The lowest BCUT2D eigenvalue weighted by Crippen LogP contribution is -2.20. The van der Waals surface area contributed by atoms with Crippen LogP contribution in [0.2, 0.25) is 0 Å². The topological polar surface area (TPSA) is 110 Å². The molecule has 0 amide bonds. The van der Waals surface area contributed by atoms with Crippen molar-refractivity contribution in [1.29, 1.82) is 0 Å². The van der Waals surface area contributed by atoms with E-state index in [1.807, 2.05) is 37.5 Å². The normalized spacial score (nSPS) is 12.7. The zero-order chi connectivity index (χ0) is 22.1. The van der Waals surface area contributed by atoms with Crippen LogP contribution in [0.25, 0.3) is 22.0 Å². The first-order chi connectivity index (χ1) is 15.6. The molecule has 0 spiro atoms. The number of benzene rings is 2. The van der Waals surface area contributed by atoms with Gasteiger partial charge in [0.25, 0.3) is 0 Å². The van der Waals surface area contributed by atoms with Crippen molar-refractivity contribution in [2.24, 2.45) is 0 Å². The van der Waals surface area contributed by atoms with Crippen molar-refractivity contribution in [3.63, 3.8) is 0 Å². The number of nitrogens with one attached hydrogen (secondary N) is 3. The monoisotopic (exact) mass is 427 g/mol. The van der Waals surface area contributed by atoms with Gasteiger partial charge in [0.05, 0.1) is 5.52 Å². The Balaban J connectivity index is 1.50. The highest BCUT2D eigenvalue weighted by molar-refractivity contribution is 5.95. The summed E-state index contributed by atoms with van der Waals surface area (Å²) in [5.74, 6) is 1.16. The molecule has 1 aliphatic rings. The van der Waals surface area contributed by atoms with E-state index in [9.17, 15) is 0 Å². The molecule has 5 rings (SSSR count). The molecular weight excluding hydrogens is 402 g/mol. The van der Waals surface area contributed by atoms with Crippen LogP contribution in [0.1, 0.15) is 11.1 Å². The molecule has 4 aromatic rings. The maximum absolute atomic E-state index is 6.36. The summed E-state index contributed by atoms with van der Waals surface area (Å²) in [7, 11) is 1.93. The average molecular weight is 428 g/mol. The standard InChI is InChI=1S/C24H25N7O/c1-14-18(12-28-23-22(14)27-7-8-32-23)16-9-20(25)19-13-29-24(31-21(19)10-16)30-17-5-3-15(4-6-17)11-26-2/h3-6,9-10,12-13,26-27H,7-8,11,25H2,1-2H3,(H,29,30,31). The fourth-order valence-electron chi connectivity index (χ4n) is 3.93. The predicted molar refractivity (Wildman–Crippen MR) is 128 cm³/mol. The number of nitrogens with zero attached hydrogens (tertiary/aromatic N) is 3. The molecule has 0 saturated carbocycles. The molecule has 2 aromatic heterocycles. The number of rotatable bonds is 5. The Kier molecular flexibility index (Phi) is 5.20. The Bertz CT molecular complexity index is 1290. The minimum atomic E-state index is 0.519. The van der Waals surface area contributed by atoms with Gasteiger partial charge in [0.2, 0.25) is 11.8 Å². The van der Waals surface area contributed by atoms with Gasteiger partial charge in [-0.25, -0.2) is 15.0 Å². The zero-order valence-corrected chi connectivity index (χ0v) is 18.1. The predicted octanol–water partition coefficient (Wildman–Crippen LogP) is 3.85. The van der Waals surface area contributed by atoms with Crippen LogP contribution in [-0.4, -0.2) is 35.2 Å². The van der Waals surface area contributed by atoms with Crippen molar-refractivity contribution in [3.05, 3.63) is 59.9 Å². The van der Waals surface area contributed by atoms with Gasteiger partial charge in [0, 0.05) is 47.8 Å². The Morgan fingerprint density at radius 2 is 1.97 bits per heavy atom. The minimum absolute atomic E-state index is 0.519. The van der Waals surface area contributed by atoms with Gasteiger partial charge < -0.3 is 26.4 Å². The van der Waals surface area contributed by atoms with E-state index in [4.69, 9.17) is 15.5 Å². The number of pyridine rings is 1. The Morgan fingerprint density at radius 1 is 1.12 bits per heavy atom. The maximum atomic E-state index is 6.36. The fraction of sp³-hybridized carbons (Fsp3) is 0.208. The minimum Gasteiger partial charge on any atom is -0.474 e. The quantitative estimate of drug-likeness (QED) is 0.356. The van der Waals surface area contributed by atoms with Crippen LogP contribution in [0, 0.1) is 6.92 Å². The third kappa shape index (κ3) is 3.76. The molecule has 8 heteroatoms. The van der Waals surface area contributed by atoms with Crippen molar-refractivity contribution >= 4 is 33.9 Å². The molecule has 0 bridgehead atoms.